The minimum atomic E-state index is -3.82. The van der Waals surface area contributed by atoms with Crippen LogP contribution in [0.1, 0.15) is 83.3 Å². The predicted molar refractivity (Wildman–Crippen MR) is 162 cm³/mol. The van der Waals surface area contributed by atoms with Crippen molar-refractivity contribution in [2.24, 2.45) is 0 Å². The summed E-state index contributed by atoms with van der Waals surface area (Å²) in [5.41, 5.74) is 6.19. The fraction of sp³-hybridized carbons (Fsp3) is 0.387. The molecule has 4 rings (SSSR count). The molecule has 9 nitrogen and oxygen atoms in total. The van der Waals surface area contributed by atoms with Gasteiger partial charge in [0.05, 0.1) is 11.4 Å². The molecule has 0 spiro atoms. The molecule has 0 radical (unpaired) electrons. The molecule has 0 aliphatic carbocycles. The van der Waals surface area contributed by atoms with E-state index in [0.29, 0.717) is 41.9 Å². The Labute approximate surface area is 242 Å². The minimum absolute atomic E-state index is 0.140. The molecule has 0 aliphatic heterocycles. The van der Waals surface area contributed by atoms with Crippen LogP contribution < -0.4 is 10.0 Å². The van der Waals surface area contributed by atoms with Gasteiger partial charge in [0.2, 0.25) is 15.9 Å². The quantitative estimate of drug-likeness (QED) is 0.214. The van der Waals surface area contributed by atoms with E-state index in [9.17, 15) is 13.2 Å². The Hall–Kier alpha value is -3.92. The number of carbonyl (C=O) groups is 1. The number of imidazole rings is 1. The lowest BCUT2D eigenvalue weighted by molar-refractivity contribution is 0.0953. The standard InChI is InChI=1S/C31H39N5O4S/c1-7-12-28-33-26(8-2)29(30(37)32-6)36(28)19-22-15-17-23(18-16-22)24-13-10-11-14-25(24)27(9-3)41(38,39)35-31-20(4)21(5)34-40-31/h10-11,13-18,27,35H,7-9,12,19H2,1-6H3,(H,32,37). The van der Waals surface area contributed by atoms with E-state index in [1.54, 1.807) is 20.9 Å². The van der Waals surface area contributed by atoms with Crippen LogP contribution in [0.2, 0.25) is 0 Å². The van der Waals surface area contributed by atoms with Gasteiger partial charge in [-0.3, -0.25) is 9.52 Å². The Bertz CT molecular complexity index is 1620. The maximum absolute atomic E-state index is 13.5. The molecule has 0 saturated carbocycles. The predicted octanol–water partition coefficient (Wildman–Crippen LogP) is 5.97. The number of rotatable bonds is 12. The second kappa shape index (κ2) is 12.7. The molecule has 41 heavy (non-hydrogen) atoms. The maximum atomic E-state index is 13.5. The highest BCUT2D eigenvalue weighted by Gasteiger charge is 2.30. The number of aryl methyl sites for hydroxylation is 3. The number of nitrogens with zero attached hydrogens (tertiary/aromatic N) is 3. The fourth-order valence-electron chi connectivity index (χ4n) is 5.09. The van der Waals surface area contributed by atoms with Crippen LogP contribution in [0.25, 0.3) is 11.1 Å². The van der Waals surface area contributed by atoms with E-state index in [1.165, 1.54) is 0 Å². The summed E-state index contributed by atoms with van der Waals surface area (Å²) in [6.45, 7) is 10.0. The number of benzene rings is 2. The van der Waals surface area contributed by atoms with Crippen molar-refractivity contribution >= 4 is 21.8 Å². The highest BCUT2D eigenvalue weighted by atomic mass is 32.2. The third-order valence-corrected chi connectivity index (χ3v) is 9.23. The Morgan fingerprint density at radius 1 is 1.05 bits per heavy atom. The zero-order chi connectivity index (χ0) is 29.7. The van der Waals surface area contributed by atoms with Crippen molar-refractivity contribution in [2.75, 3.05) is 11.8 Å². The molecule has 0 aliphatic rings. The largest absolute Gasteiger partial charge is 0.354 e. The number of anilines is 1. The van der Waals surface area contributed by atoms with Crippen LogP contribution in [0.4, 0.5) is 5.88 Å². The summed E-state index contributed by atoms with van der Waals surface area (Å²) >= 11 is 0. The van der Waals surface area contributed by atoms with E-state index < -0.39 is 15.3 Å². The van der Waals surface area contributed by atoms with Crippen molar-refractivity contribution in [1.82, 2.24) is 20.0 Å². The van der Waals surface area contributed by atoms with Crippen LogP contribution >= 0.6 is 0 Å². The highest BCUT2D eigenvalue weighted by molar-refractivity contribution is 7.92. The van der Waals surface area contributed by atoms with Gasteiger partial charge >= 0.3 is 0 Å². The first kappa shape index (κ1) is 30.0. The number of aromatic nitrogens is 3. The lowest BCUT2D eigenvalue weighted by atomic mass is 9.96. The van der Waals surface area contributed by atoms with Gasteiger partial charge in [-0.25, -0.2) is 13.4 Å². The van der Waals surface area contributed by atoms with Crippen molar-refractivity contribution in [3.63, 3.8) is 0 Å². The Morgan fingerprint density at radius 3 is 2.34 bits per heavy atom. The first-order chi connectivity index (χ1) is 19.6. The molecule has 0 saturated heterocycles. The van der Waals surface area contributed by atoms with Gasteiger partial charge in [-0.1, -0.05) is 74.5 Å². The van der Waals surface area contributed by atoms with Crippen molar-refractivity contribution < 1.29 is 17.7 Å². The third-order valence-electron chi connectivity index (χ3n) is 7.42. The molecular weight excluding hydrogens is 538 g/mol. The summed E-state index contributed by atoms with van der Waals surface area (Å²) in [6.07, 6.45) is 2.76. The van der Waals surface area contributed by atoms with Crippen molar-refractivity contribution in [3.8, 4) is 11.1 Å². The SMILES string of the molecule is CCCc1nc(CC)c(C(=O)NC)n1Cc1ccc(-c2ccccc2C(CC)S(=O)(=O)Nc2onc(C)c2C)cc1. The molecule has 1 amide bonds. The van der Waals surface area contributed by atoms with Crippen LogP contribution in [0.3, 0.4) is 0 Å². The van der Waals surface area contributed by atoms with E-state index >= 15 is 0 Å². The zero-order valence-corrected chi connectivity index (χ0v) is 25.4. The van der Waals surface area contributed by atoms with Gasteiger partial charge in [0.1, 0.15) is 16.8 Å². The molecule has 2 N–H and O–H groups in total. The molecule has 2 heterocycles. The smallest absolute Gasteiger partial charge is 0.269 e. The third kappa shape index (κ3) is 6.22. The van der Waals surface area contributed by atoms with E-state index in [1.807, 2.05) is 66.9 Å². The van der Waals surface area contributed by atoms with Crippen LogP contribution in [0.15, 0.2) is 53.1 Å². The van der Waals surface area contributed by atoms with Crippen molar-refractivity contribution in [3.05, 3.63) is 88.1 Å². The van der Waals surface area contributed by atoms with Crippen LogP contribution in [0, 0.1) is 13.8 Å². The Kier molecular flexibility index (Phi) is 9.32. The maximum Gasteiger partial charge on any atom is 0.269 e. The molecule has 0 fully saturated rings. The normalized spacial score (nSPS) is 12.3. The molecule has 1 unspecified atom stereocenters. The average molecular weight is 578 g/mol. The Balaban J connectivity index is 1.66. The van der Waals surface area contributed by atoms with Gasteiger partial charge in [0.15, 0.2) is 0 Å². The van der Waals surface area contributed by atoms with Crippen LogP contribution in [0.5, 0.6) is 0 Å². The summed E-state index contributed by atoms with van der Waals surface area (Å²) in [5, 5.41) is 5.83. The van der Waals surface area contributed by atoms with Crippen molar-refractivity contribution in [2.45, 2.75) is 72.1 Å². The monoisotopic (exact) mass is 577 g/mol. The molecule has 2 aromatic heterocycles. The Morgan fingerprint density at radius 2 is 1.76 bits per heavy atom. The fourth-order valence-corrected chi connectivity index (χ4v) is 6.66. The highest BCUT2D eigenvalue weighted by Crippen LogP contribution is 2.36. The summed E-state index contributed by atoms with van der Waals surface area (Å²) in [5.74, 6) is 0.906. The van der Waals surface area contributed by atoms with Gasteiger partial charge in [-0.05, 0) is 55.4 Å². The van der Waals surface area contributed by atoms with E-state index in [0.717, 1.165) is 41.1 Å². The van der Waals surface area contributed by atoms with E-state index in [4.69, 9.17) is 9.51 Å². The summed E-state index contributed by atoms with van der Waals surface area (Å²) in [6, 6.07) is 15.6. The zero-order valence-electron chi connectivity index (χ0n) is 24.6. The number of carbonyl (C=O) groups excluding carboxylic acids is 1. The lowest BCUT2D eigenvalue weighted by Crippen LogP contribution is -2.24. The number of nitrogens with one attached hydrogen (secondary N) is 2. The topological polar surface area (TPSA) is 119 Å². The molecular formula is C31H39N5O4S. The minimum Gasteiger partial charge on any atom is -0.354 e. The van der Waals surface area contributed by atoms with Gasteiger partial charge in [-0.2, -0.15) is 0 Å². The first-order valence-electron chi connectivity index (χ1n) is 14.1. The molecule has 218 valence electrons. The number of hydrogen-bond acceptors (Lipinski definition) is 6. The number of hydrogen-bond donors (Lipinski definition) is 2. The number of sulfonamides is 1. The molecule has 10 heteroatoms. The molecule has 4 aromatic rings. The molecule has 2 aromatic carbocycles. The van der Waals surface area contributed by atoms with Crippen molar-refractivity contribution in [1.29, 1.82) is 0 Å². The summed E-state index contributed by atoms with van der Waals surface area (Å²) in [7, 11) is -2.19. The first-order valence-corrected chi connectivity index (χ1v) is 15.6. The van der Waals surface area contributed by atoms with E-state index in [2.05, 4.69) is 22.1 Å². The lowest BCUT2D eigenvalue weighted by Gasteiger charge is -2.20. The number of amides is 1. The molecule has 0 bridgehead atoms. The van der Waals surface area contributed by atoms with Crippen LogP contribution in [-0.2, 0) is 29.4 Å². The summed E-state index contributed by atoms with van der Waals surface area (Å²) in [4.78, 5) is 17.5. The van der Waals surface area contributed by atoms with Gasteiger partial charge in [0, 0.05) is 25.6 Å². The van der Waals surface area contributed by atoms with E-state index in [-0.39, 0.29) is 11.8 Å². The van der Waals surface area contributed by atoms with Gasteiger partial charge in [0.25, 0.3) is 5.91 Å². The average Bonchev–Trinajstić information content (AvgIpc) is 3.47. The second-order valence-corrected chi connectivity index (χ2v) is 12.0. The molecule has 1 atom stereocenters. The van der Waals surface area contributed by atoms with Gasteiger partial charge in [-0.15, -0.1) is 0 Å². The summed E-state index contributed by atoms with van der Waals surface area (Å²) < 4.78 is 36.9. The van der Waals surface area contributed by atoms with Gasteiger partial charge < -0.3 is 14.4 Å². The van der Waals surface area contributed by atoms with Crippen LogP contribution in [-0.4, -0.2) is 36.1 Å². The second-order valence-electron chi connectivity index (χ2n) is 10.1.